The summed E-state index contributed by atoms with van der Waals surface area (Å²) in [6.07, 6.45) is 3.16. The maximum absolute atomic E-state index is 12.6. The summed E-state index contributed by atoms with van der Waals surface area (Å²) in [4.78, 5) is 55.5. The number of rotatable bonds is 8. The summed E-state index contributed by atoms with van der Waals surface area (Å²) >= 11 is 2.43. The predicted octanol–water partition coefficient (Wildman–Crippen LogP) is 2.61. The third kappa shape index (κ3) is 6.47. The van der Waals surface area contributed by atoms with Gasteiger partial charge in [0.1, 0.15) is 6.54 Å². The second kappa shape index (κ2) is 12.2. The summed E-state index contributed by atoms with van der Waals surface area (Å²) in [5, 5.41) is 0. The molecule has 0 bridgehead atoms. The van der Waals surface area contributed by atoms with Gasteiger partial charge in [0.2, 0.25) is 5.91 Å². The first kappa shape index (κ1) is 26.0. The number of aromatic nitrogens is 1. The van der Waals surface area contributed by atoms with Crippen molar-refractivity contribution in [2.45, 2.75) is 45.7 Å². The lowest BCUT2D eigenvalue weighted by Gasteiger charge is -2.33. The minimum atomic E-state index is -0.487. The van der Waals surface area contributed by atoms with Gasteiger partial charge in [-0.3, -0.25) is 14.4 Å². The minimum absolute atomic E-state index is 0.0408. The Kier molecular flexibility index (Phi) is 9.28. The van der Waals surface area contributed by atoms with Gasteiger partial charge in [-0.05, 0) is 51.3 Å². The van der Waals surface area contributed by atoms with Crippen LogP contribution in [-0.2, 0) is 30.4 Å². The average Bonchev–Trinajstić information content (AvgIpc) is 3.15. The lowest BCUT2D eigenvalue weighted by Crippen LogP contribution is -2.43. The Morgan fingerprint density at radius 3 is 2.71 bits per heavy atom. The molecule has 34 heavy (non-hydrogen) atoms. The summed E-state index contributed by atoms with van der Waals surface area (Å²) in [7, 11) is 1.29. The molecule has 1 aliphatic heterocycles. The molecule has 1 aliphatic rings. The van der Waals surface area contributed by atoms with E-state index in [1.54, 1.807) is 29.7 Å². The van der Waals surface area contributed by atoms with E-state index in [0.29, 0.717) is 20.6 Å². The van der Waals surface area contributed by atoms with E-state index in [2.05, 4.69) is 11.9 Å². The second-order valence-corrected chi connectivity index (χ2v) is 9.87. The van der Waals surface area contributed by atoms with Gasteiger partial charge in [0.15, 0.2) is 4.80 Å². The van der Waals surface area contributed by atoms with Crippen LogP contribution in [0, 0.1) is 0 Å². The fourth-order valence-corrected chi connectivity index (χ4v) is 5.53. The van der Waals surface area contributed by atoms with Crippen molar-refractivity contribution in [3.63, 3.8) is 0 Å². The minimum Gasteiger partial charge on any atom is -0.468 e. The number of fused-ring (bicyclic) bond motifs is 1. The maximum atomic E-state index is 12.6. The second-order valence-electron chi connectivity index (χ2n) is 7.88. The van der Waals surface area contributed by atoms with Crippen molar-refractivity contribution in [1.29, 1.82) is 0 Å². The molecule has 0 radical (unpaired) electrons. The summed E-state index contributed by atoms with van der Waals surface area (Å²) < 4.78 is 12.1. The number of nitrogens with zero attached hydrogens (tertiary/aromatic N) is 3. The van der Waals surface area contributed by atoms with Gasteiger partial charge < -0.3 is 18.9 Å². The third-order valence-electron chi connectivity index (χ3n) is 5.50. The SMILES string of the molecule is CCOC(=O)c1ccc2c(c1)sc(=NC(=O)CSCC(=O)N1CCCCC1C)n2CC(=O)OC. The van der Waals surface area contributed by atoms with Crippen molar-refractivity contribution in [2.75, 3.05) is 31.8 Å². The van der Waals surface area contributed by atoms with Gasteiger partial charge in [0, 0.05) is 12.6 Å². The average molecular weight is 508 g/mol. The number of carbonyl (C=O) groups is 4. The molecule has 2 aromatic rings. The Hall–Kier alpha value is -2.66. The number of thioether (sulfide) groups is 1. The summed E-state index contributed by atoms with van der Waals surface area (Å²) in [5.41, 5.74) is 1.02. The number of piperidine rings is 1. The van der Waals surface area contributed by atoms with Crippen molar-refractivity contribution in [1.82, 2.24) is 9.47 Å². The van der Waals surface area contributed by atoms with E-state index < -0.39 is 17.8 Å². The molecule has 2 heterocycles. The van der Waals surface area contributed by atoms with Crippen LogP contribution in [0.3, 0.4) is 0 Å². The number of esters is 2. The van der Waals surface area contributed by atoms with Gasteiger partial charge in [0.25, 0.3) is 5.91 Å². The number of thiazole rings is 1. The lowest BCUT2D eigenvalue weighted by molar-refractivity contribution is -0.141. The monoisotopic (exact) mass is 507 g/mol. The molecule has 1 atom stereocenters. The summed E-state index contributed by atoms with van der Waals surface area (Å²) in [6.45, 7) is 4.68. The van der Waals surface area contributed by atoms with Crippen LogP contribution in [0.4, 0.5) is 0 Å². The van der Waals surface area contributed by atoms with Crippen LogP contribution < -0.4 is 4.80 Å². The van der Waals surface area contributed by atoms with Crippen LogP contribution in [0.5, 0.6) is 0 Å². The molecular weight excluding hydrogens is 478 g/mol. The molecule has 0 aliphatic carbocycles. The quantitative estimate of drug-likeness (QED) is 0.506. The highest BCUT2D eigenvalue weighted by Crippen LogP contribution is 2.21. The number of likely N-dealkylation sites (tertiary alicyclic amines) is 1. The molecule has 2 amide bonds. The molecule has 1 aromatic carbocycles. The maximum Gasteiger partial charge on any atom is 0.338 e. The van der Waals surface area contributed by atoms with E-state index >= 15 is 0 Å². The Morgan fingerprint density at radius 1 is 1.21 bits per heavy atom. The molecule has 1 aromatic heterocycles. The fraction of sp³-hybridized carbons (Fsp3) is 0.522. The number of ether oxygens (including phenoxy) is 2. The van der Waals surface area contributed by atoms with E-state index in [1.807, 2.05) is 4.90 Å². The molecule has 0 spiro atoms. The lowest BCUT2D eigenvalue weighted by atomic mass is 10.0. The zero-order valence-electron chi connectivity index (χ0n) is 19.6. The summed E-state index contributed by atoms with van der Waals surface area (Å²) in [5.74, 6) is -1.02. The van der Waals surface area contributed by atoms with Crippen molar-refractivity contribution >= 4 is 57.1 Å². The van der Waals surface area contributed by atoms with Gasteiger partial charge in [-0.1, -0.05) is 11.3 Å². The molecule has 1 unspecified atom stereocenters. The highest BCUT2D eigenvalue weighted by atomic mass is 32.2. The predicted molar refractivity (Wildman–Crippen MR) is 131 cm³/mol. The van der Waals surface area contributed by atoms with Gasteiger partial charge in [-0.25, -0.2) is 4.79 Å². The molecule has 1 saturated heterocycles. The Bertz CT molecular complexity index is 1140. The molecule has 11 heteroatoms. The van der Waals surface area contributed by atoms with E-state index in [-0.39, 0.29) is 36.6 Å². The van der Waals surface area contributed by atoms with Crippen molar-refractivity contribution < 1.29 is 28.7 Å². The number of amides is 2. The fourth-order valence-electron chi connectivity index (χ4n) is 3.76. The Balaban J connectivity index is 1.77. The largest absolute Gasteiger partial charge is 0.468 e. The number of hydrogen-bond acceptors (Lipinski definition) is 8. The number of hydrogen-bond donors (Lipinski definition) is 0. The van der Waals surface area contributed by atoms with Crippen LogP contribution in [0.15, 0.2) is 23.2 Å². The molecule has 3 rings (SSSR count). The van der Waals surface area contributed by atoms with Crippen molar-refractivity contribution in [3.05, 3.63) is 28.6 Å². The highest BCUT2D eigenvalue weighted by molar-refractivity contribution is 8.00. The zero-order chi connectivity index (χ0) is 24.7. The van der Waals surface area contributed by atoms with Crippen LogP contribution >= 0.6 is 23.1 Å². The first-order chi connectivity index (χ1) is 16.3. The number of carbonyl (C=O) groups excluding carboxylic acids is 4. The van der Waals surface area contributed by atoms with Crippen LogP contribution in [-0.4, -0.2) is 71.0 Å². The molecular formula is C23H29N3O6S2. The normalized spacial score (nSPS) is 16.5. The van der Waals surface area contributed by atoms with Crippen LogP contribution in [0.2, 0.25) is 0 Å². The van der Waals surface area contributed by atoms with Gasteiger partial charge >= 0.3 is 11.9 Å². The van der Waals surface area contributed by atoms with E-state index in [1.165, 1.54) is 30.2 Å². The zero-order valence-corrected chi connectivity index (χ0v) is 21.2. The smallest absolute Gasteiger partial charge is 0.338 e. The van der Waals surface area contributed by atoms with Crippen molar-refractivity contribution in [2.24, 2.45) is 4.99 Å². The number of methoxy groups -OCH3 is 1. The molecule has 1 fully saturated rings. The highest BCUT2D eigenvalue weighted by Gasteiger charge is 2.23. The van der Waals surface area contributed by atoms with Gasteiger partial charge in [-0.2, -0.15) is 4.99 Å². The van der Waals surface area contributed by atoms with E-state index in [4.69, 9.17) is 9.47 Å². The standard InChI is InChI=1S/C23H29N3O6S2/c1-4-32-22(30)16-8-9-17-18(11-16)34-23(26(17)12-21(29)31-3)24-19(27)13-33-14-20(28)25-10-6-5-7-15(25)2/h8-9,11,15H,4-7,10,12-14H2,1-3H3. The van der Waals surface area contributed by atoms with Crippen molar-refractivity contribution in [3.8, 4) is 0 Å². The molecule has 184 valence electrons. The Morgan fingerprint density at radius 2 is 2.00 bits per heavy atom. The van der Waals surface area contributed by atoms with Gasteiger partial charge in [-0.15, -0.1) is 11.8 Å². The van der Waals surface area contributed by atoms with Crippen LogP contribution in [0.1, 0.15) is 43.5 Å². The van der Waals surface area contributed by atoms with E-state index in [0.717, 1.165) is 25.8 Å². The Labute approximate surface area is 206 Å². The topological polar surface area (TPSA) is 107 Å². The third-order valence-corrected chi connectivity index (χ3v) is 7.45. The first-order valence-electron chi connectivity index (χ1n) is 11.2. The molecule has 9 nitrogen and oxygen atoms in total. The van der Waals surface area contributed by atoms with Gasteiger partial charge in [0.05, 0.1) is 41.0 Å². The summed E-state index contributed by atoms with van der Waals surface area (Å²) in [6, 6.07) is 5.19. The number of benzene rings is 1. The molecule has 0 saturated carbocycles. The molecule has 0 N–H and O–H groups in total. The van der Waals surface area contributed by atoms with Crippen LogP contribution in [0.25, 0.3) is 10.2 Å². The first-order valence-corrected chi connectivity index (χ1v) is 13.1. The van der Waals surface area contributed by atoms with E-state index in [9.17, 15) is 19.2 Å².